The van der Waals surface area contributed by atoms with Gasteiger partial charge in [0.05, 0.1) is 13.2 Å². The first-order chi connectivity index (χ1) is 29.7. The van der Waals surface area contributed by atoms with Gasteiger partial charge >= 0.3 is 19.8 Å². The number of ether oxygens (including phenoxy) is 2. The van der Waals surface area contributed by atoms with E-state index in [-0.39, 0.29) is 26.1 Å². The van der Waals surface area contributed by atoms with E-state index in [1.54, 1.807) is 0 Å². The minimum absolute atomic E-state index is 0.00112. The average Bonchev–Trinajstić information content (AvgIpc) is 3.23. The summed E-state index contributed by atoms with van der Waals surface area (Å²) in [5.74, 6) is -0.854. The number of allylic oxidation sites excluding steroid dienone is 6. The highest BCUT2D eigenvalue weighted by molar-refractivity contribution is 7.47. The molecule has 0 saturated carbocycles. The minimum Gasteiger partial charge on any atom is -0.462 e. The maximum absolute atomic E-state index is 12.7. The molecule has 0 saturated heterocycles. The molecule has 10 heteroatoms. The van der Waals surface area contributed by atoms with Crippen LogP contribution in [0.3, 0.4) is 0 Å². The highest BCUT2D eigenvalue weighted by Crippen LogP contribution is 2.43. The molecule has 0 bridgehead atoms. The number of rotatable bonds is 47. The smallest absolute Gasteiger partial charge is 0.462 e. The largest absolute Gasteiger partial charge is 0.472 e. The molecule has 2 atom stereocenters. The fourth-order valence-corrected chi connectivity index (χ4v) is 7.80. The first-order valence-electron chi connectivity index (χ1n) is 25.3. The predicted octanol–water partition coefficient (Wildman–Crippen LogP) is 15.1. The van der Waals surface area contributed by atoms with E-state index in [4.69, 9.17) is 18.5 Å². The normalized spacial score (nSPS) is 13.5. The van der Waals surface area contributed by atoms with Gasteiger partial charge in [-0.15, -0.1) is 0 Å². The fraction of sp³-hybridized carbons (Fsp3) is 0.843. The van der Waals surface area contributed by atoms with Gasteiger partial charge in [0, 0.05) is 19.4 Å². The first-order valence-corrected chi connectivity index (χ1v) is 26.8. The van der Waals surface area contributed by atoms with Crippen molar-refractivity contribution in [3.63, 3.8) is 0 Å². The van der Waals surface area contributed by atoms with Gasteiger partial charge in [-0.1, -0.05) is 211 Å². The molecule has 0 spiro atoms. The van der Waals surface area contributed by atoms with Crippen LogP contribution in [0.5, 0.6) is 0 Å². The second-order valence-electron chi connectivity index (χ2n) is 17.4. The lowest BCUT2D eigenvalue weighted by molar-refractivity contribution is -0.161. The third kappa shape index (κ3) is 47.5. The van der Waals surface area contributed by atoms with Crippen LogP contribution in [-0.2, 0) is 32.7 Å². The Hall–Kier alpha value is -1.77. The molecule has 1 N–H and O–H groups in total. The van der Waals surface area contributed by atoms with Crippen LogP contribution in [0.1, 0.15) is 232 Å². The van der Waals surface area contributed by atoms with Crippen molar-refractivity contribution in [2.45, 2.75) is 238 Å². The van der Waals surface area contributed by atoms with Gasteiger partial charge in [0.25, 0.3) is 0 Å². The van der Waals surface area contributed by atoms with Crippen molar-refractivity contribution in [3.05, 3.63) is 36.5 Å². The lowest BCUT2D eigenvalue weighted by Crippen LogP contribution is -2.29. The van der Waals surface area contributed by atoms with E-state index in [2.05, 4.69) is 50.3 Å². The van der Waals surface area contributed by atoms with Crippen LogP contribution >= 0.6 is 7.82 Å². The van der Waals surface area contributed by atoms with Crippen LogP contribution in [0.15, 0.2) is 36.5 Å². The van der Waals surface area contributed by atoms with Crippen molar-refractivity contribution in [2.75, 3.05) is 40.5 Å². The number of likely N-dealkylation sites (N-methyl/N-ethyl adjacent to an activating group) is 1. The summed E-state index contributed by atoms with van der Waals surface area (Å²) in [6, 6.07) is 0. The second-order valence-corrected chi connectivity index (χ2v) is 18.8. The first kappa shape index (κ1) is 59.2. The summed E-state index contributed by atoms with van der Waals surface area (Å²) in [5.41, 5.74) is 0. The summed E-state index contributed by atoms with van der Waals surface area (Å²) in [7, 11) is -0.727. The summed E-state index contributed by atoms with van der Waals surface area (Å²) in [6.45, 7) is 4.30. The Morgan fingerprint density at radius 3 is 1.36 bits per heavy atom. The summed E-state index contributed by atoms with van der Waals surface area (Å²) in [6.07, 6.45) is 52.1. The van der Waals surface area contributed by atoms with Crippen molar-refractivity contribution in [3.8, 4) is 0 Å². The molecule has 0 aromatic heterocycles. The van der Waals surface area contributed by atoms with Gasteiger partial charge in [0.15, 0.2) is 6.10 Å². The minimum atomic E-state index is -4.38. The number of phosphoric ester groups is 1. The Bertz CT molecular complexity index is 1110. The molecule has 0 radical (unpaired) electrons. The van der Waals surface area contributed by atoms with E-state index in [9.17, 15) is 19.0 Å². The van der Waals surface area contributed by atoms with E-state index in [0.29, 0.717) is 19.4 Å². The second kappa shape index (κ2) is 46.2. The van der Waals surface area contributed by atoms with Gasteiger partial charge in [-0.2, -0.15) is 0 Å². The number of nitrogens with zero attached hydrogens (tertiary/aromatic N) is 1. The maximum Gasteiger partial charge on any atom is 0.472 e. The Balaban J connectivity index is 4.23. The van der Waals surface area contributed by atoms with Crippen molar-refractivity contribution in [2.24, 2.45) is 0 Å². The molecule has 2 unspecified atom stereocenters. The van der Waals surface area contributed by atoms with Crippen LogP contribution in [0.4, 0.5) is 0 Å². The van der Waals surface area contributed by atoms with Crippen molar-refractivity contribution < 1.29 is 37.6 Å². The van der Waals surface area contributed by atoms with Crippen LogP contribution < -0.4 is 0 Å². The molecule has 0 fully saturated rings. The summed E-state index contributed by atoms with van der Waals surface area (Å²) in [4.78, 5) is 37.1. The zero-order chi connectivity index (χ0) is 44.8. The number of phosphoric acid groups is 1. The molecule has 0 heterocycles. The van der Waals surface area contributed by atoms with E-state index >= 15 is 0 Å². The van der Waals surface area contributed by atoms with Gasteiger partial charge in [-0.25, -0.2) is 4.57 Å². The zero-order valence-electron chi connectivity index (χ0n) is 40.1. The van der Waals surface area contributed by atoms with Crippen LogP contribution in [0.25, 0.3) is 0 Å². The van der Waals surface area contributed by atoms with Crippen LogP contribution in [-0.4, -0.2) is 68.3 Å². The van der Waals surface area contributed by atoms with E-state index < -0.39 is 32.5 Å². The summed E-state index contributed by atoms with van der Waals surface area (Å²) in [5, 5.41) is 0. The quantitative estimate of drug-likeness (QED) is 0.0276. The SMILES string of the molecule is CCCCCCCC/C=C\C/C=C\C/C=C\CCCC(=O)OCC(COP(=O)(O)OCCN(C)C)OC(=O)CCCCCCCCCCCCCCCCCCCCCCC. The van der Waals surface area contributed by atoms with Gasteiger partial charge < -0.3 is 19.3 Å². The molecule has 0 aliphatic heterocycles. The molecule has 0 aromatic rings. The molecular formula is C51H96NO8P. The van der Waals surface area contributed by atoms with Crippen LogP contribution in [0.2, 0.25) is 0 Å². The Labute approximate surface area is 376 Å². The average molecular weight is 882 g/mol. The Kier molecular flexibility index (Phi) is 44.9. The molecule has 0 rings (SSSR count). The molecule has 0 aliphatic carbocycles. The van der Waals surface area contributed by atoms with E-state index in [1.165, 1.54) is 161 Å². The summed E-state index contributed by atoms with van der Waals surface area (Å²) < 4.78 is 33.5. The number of hydrogen-bond acceptors (Lipinski definition) is 8. The zero-order valence-corrected chi connectivity index (χ0v) is 41.0. The van der Waals surface area contributed by atoms with Gasteiger partial charge in [0.1, 0.15) is 6.61 Å². The number of unbranched alkanes of at least 4 members (excludes halogenated alkanes) is 27. The fourth-order valence-electron chi connectivity index (χ4n) is 7.06. The molecule has 0 aliphatic rings. The monoisotopic (exact) mass is 882 g/mol. The highest BCUT2D eigenvalue weighted by Gasteiger charge is 2.26. The van der Waals surface area contributed by atoms with E-state index in [1.807, 2.05) is 19.0 Å². The Morgan fingerprint density at radius 1 is 0.508 bits per heavy atom. The molecule has 358 valence electrons. The van der Waals surface area contributed by atoms with E-state index in [0.717, 1.165) is 32.1 Å². The van der Waals surface area contributed by atoms with Gasteiger partial charge in [0.2, 0.25) is 0 Å². The molecule has 0 aromatic carbocycles. The van der Waals surface area contributed by atoms with Crippen LogP contribution in [0, 0.1) is 0 Å². The Morgan fingerprint density at radius 2 is 0.902 bits per heavy atom. The third-order valence-electron chi connectivity index (χ3n) is 10.9. The number of carbonyl (C=O) groups is 2. The predicted molar refractivity (Wildman–Crippen MR) is 257 cm³/mol. The van der Waals surface area contributed by atoms with Crippen molar-refractivity contribution in [1.29, 1.82) is 0 Å². The van der Waals surface area contributed by atoms with Crippen molar-refractivity contribution >= 4 is 19.8 Å². The van der Waals surface area contributed by atoms with Gasteiger partial charge in [-0.05, 0) is 59.0 Å². The topological polar surface area (TPSA) is 112 Å². The molecule has 0 amide bonds. The number of esters is 2. The molecule has 9 nitrogen and oxygen atoms in total. The molecule has 61 heavy (non-hydrogen) atoms. The highest BCUT2D eigenvalue weighted by atomic mass is 31.2. The molecular weight excluding hydrogens is 786 g/mol. The number of hydrogen-bond donors (Lipinski definition) is 1. The lowest BCUT2D eigenvalue weighted by atomic mass is 10.0. The maximum atomic E-state index is 12.7. The van der Waals surface area contributed by atoms with Crippen molar-refractivity contribution in [1.82, 2.24) is 4.90 Å². The lowest BCUT2D eigenvalue weighted by Gasteiger charge is -2.20. The third-order valence-corrected chi connectivity index (χ3v) is 11.9. The number of carbonyl (C=O) groups excluding carboxylic acids is 2. The van der Waals surface area contributed by atoms with Gasteiger partial charge in [-0.3, -0.25) is 18.6 Å². The summed E-state index contributed by atoms with van der Waals surface area (Å²) >= 11 is 0. The standard InChI is InChI=1S/C51H96NO8P/c1-5-7-9-11-13-15-17-19-21-23-24-25-26-28-30-32-34-36-38-40-42-44-51(54)60-49(48-59-61(55,56)58-46-45-52(3)4)47-57-50(53)43-41-39-37-35-33-31-29-27-22-20-18-16-14-12-10-8-6-2/h20,22,29,31,35,37,49H,5-19,21,23-28,30,32-34,36,38-48H2,1-4H3,(H,55,56)/b22-20-,31-29-,37-35-.